The van der Waals surface area contributed by atoms with Crippen molar-refractivity contribution in [2.45, 2.75) is 19.0 Å². The van der Waals surface area contributed by atoms with Gasteiger partial charge in [-0.2, -0.15) is 13.2 Å². The maximum atomic E-state index is 13.0. The van der Waals surface area contributed by atoms with E-state index in [0.717, 1.165) is 12.8 Å². The average Bonchev–Trinajstić information content (AvgIpc) is 2.53. The van der Waals surface area contributed by atoms with Gasteiger partial charge >= 0.3 is 6.18 Å². The number of aliphatic hydroxyl groups excluding tert-OH is 1. The molecule has 7 heteroatoms. The number of piperidine rings is 1. The fourth-order valence-corrected chi connectivity index (χ4v) is 2.83. The number of para-hydroxylation sites is 1. The summed E-state index contributed by atoms with van der Waals surface area (Å²) in [6, 6.07) is 6.71. The molecule has 1 aromatic carbocycles. The molecule has 1 aliphatic heterocycles. The van der Waals surface area contributed by atoms with Crippen LogP contribution in [-0.4, -0.2) is 34.8 Å². The summed E-state index contributed by atoms with van der Waals surface area (Å²) in [6.07, 6.45) is -2.88. The fourth-order valence-electron chi connectivity index (χ4n) is 2.83. The Morgan fingerprint density at radius 2 is 2.00 bits per heavy atom. The topological polar surface area (TPSA) is 49.2 Å². The maximum Gasteiger partial charge on any atom is 0.451 e. The van der Waals surface area contributed by atoms with Gasteiger partial charge in [0.25, 0.3) is 0 Å². The van der Waals surface area contributed by atoms with Crippen LogP contribution in [0.25, 0.3) is 10.9 Å². The minimum absolute atomic E-state index is 0.0334. The van der Waals surface area contributed by atoms with Crippen molar-refractivity contribution in [2.75, 3.05) is 24.6 Å². The largest absolute Gasteiger partial charge is 0.451 e. The van der Waals surface area contributed by atoms with E-state index in [4.69, 9.17) is 0 Å². The van der Waals surface area contributed by atoms with Gasteiger partial charge < -0.3 is 10.0 Å². The third kappa shape index (κ3) is 2.85. The lowest BCUT2D eigenvalue weighted by Crippen LogP contribution is -2.37. The Balaban J connectivity index is 2.10. The Hall–Kier alpha value is -1.89. The highest BCUT2D eigenvalue weighted by Gasteiger charge is 2.36. The molecule has 1 aliphatic rings. The number of benzene rings is 1. The van der Waals surface area contributed by atoms with Gasteiger partial charge in [-0.25, -0.2) is 9.97 Å². The second-order valence-corrected chi connectivity index (χ2v) is 5.52. The van der Waals surface area contributed by atoms with Crippen molar-refractivity contribution in [3.05, 3.63) is 30.1 Å². The number of hydrogen-bond acceptors (Lipinski definition) is 4. The van der Waals surface area contributed by atoms with Gasteiger partial charge in [0.2, 0.25) is 5.82 Å². The summed E-state index contributed by atoms with van der Waals surface area (Å²) in [6.45, 7) is 1.18. The van der Waals surface area contributed by atoms with Crippen molar-refractivity contribution in [3.63, 3.8) is 0 Å². The van der Waals surface area contributed by atoms with Crippen LogP contribution in [0.15, 0.2) is 24.3 Å². The van der Waals surface area contributed by atoms with Crippen molar-refractivity contribution in [2.24, 2.45) is 5.92 Å². The monoisotopic (exact) mass is 311 g/mol. The van der Waals surface area contributed by atoms with Crippen molar-refractivity contribution in [1.29, 1.82) is 0 Å². The molecule has 1 fully saturated rings. The minimum Gasteiger partial charge on any atom is -0.396 e. The number of aromatic nitrogens is 2. The first-order valence-corrected chi connectivity index (χ1v) is 7.19. The standard InChI is InChI=1S/C15H16F3N3O/c16-15(17,18)14-19-12-6-2-1-5-11(12)13(20-14)21-7-3-4-10(8-21)9-22/h1-2,5-6,10,22H,3-4,7-9H2/t10-/m0/s1. The van der Waals surface area contributed by atoms with Crippen LogP contribution in [0.5, 0.6) is 0 Å². The molecule has 2 heterocycles. The highest BCUT2D eigenvalue weighted by atomic mass is 19.4. The van der Waals surface area contributed by atoms with Gasteiger partial charge in [0.05, 0.1) is 5.52 Å². The molecule has 1 atom stereocenters. The number of fused-ring (bicyclic) bond motifs is 1. The molecule has 1 aromatic heterocycles. The van der Waals surface area contributed by atoms with Crippen LogP contribution < -0.4 is 4.90 Å². The molecule has 4 nitrogen and oxygen atoms in total. The van der Waals surface area contributed by atoms with Gasteiger partial charge in [-0.3, -0.25) is 0 Å². The van der Waals surface area contributed by atoms with Crippen LogP contribution in [0.1, 0.15) is 18.7 Å². The summed E-state index contributed by atoms with van der Waals surface area (Å²) in [7, 11) is 0. The Morgan fingerprint density at radius 3 is 2.73 bits per heavy atom. The molecule has 0 spiro atoms. The van der Waals surface area contributed by atoms with E-state index in [1.165, 1.54) is 0 Å². The fraction of sp³-hybridized carbons (Fsp3) is 0.467. The van der Waals surface area contributed by atoms with Crippen molar-refractivity contribution >= 4 is 16.7 Å². The molecule has 0 amide bonds. The number of alkyl halides is 3. The number of rotatable bonds is 2. The number of anilines is 1. The van der Waals surface area contributed by atoms with Crippen LogP contribution >= 0.6 is 0 Å². The smallest absolute Gasteiger partial charge is 0.396 e. The molecule has 0 unspecified atom stereocenters. The predicted molar refractivity (Wildman–Crippen MR) is 76.6 cm³/mol. The first-order valence-electron chi connectivity index (χ1n) is 7.19. The van der Waals surface area contributed by atoms with E-state index in [1.807, 2.05) is 4.90 Å². The first-order chi connectivity index (χ1) is 10.5. The summed E-state index contributed by atoms with van der Waals surface area (Å²) in [4.78, 5) is 9.22. The SMILES string of the molecule is OC[C@H]1CCCN(c2nc(C(F)(F)F)nc3ccccc23)C1. The second-order valence-electron chi connectivity index (χ2n) is 5.52. The zero-order chi connectivity index (χ0) is 15.7. The third-order valence-corrected chi connectivity index (χ3v) is 3.91. The number of halogens is 3. The number of aliphatic hydroxyl groups is 1. The summed E-state index contributed by atoms with van der Waals surface area (Å²) in [5.41, 5.74) is 0.283. The maximum absolute atomic E-state index is 13.0. The molecule has 2 aromatic rings. The molecular formula is C15H16F3N3O. The average molecular weight is 311 g/mol. The van der Waals surface area contributed by atoms with Crippen LogP contribution in [-0.2, 0) is 6.18 Å². The lowest BCUT2D eigenvalue weighted by molar-refractivity contribution is -0.144. The van der Waals surface area contributed by atoms with Crippen LogP contribution in [0.4, 0.5) is 19.0 Å². The van der Waals surface area contributed by atoms with Crippen molar-refractivity contribution in [1.82, 2.24) is 9.97 Å². The van der Waals surface area contributed by atoms with Gasteiger partial charge in [0.15, 0.2) is 0 Å². The minimum atomic E-state index is -4.58. The highest BCUT2D eigenvalue weighted by Crippen LogP contribution is 2.33. The zero-order valence-electron chi connectivity index (χ0n) is 11.8. The van der Waals surface area contributed by atoms with E-state index in [2.05, 4.69) is 9.97 Å². The molecule has 0 radical (unpaired) electrons. The van der Waals surface area contributed by atoms with E-state index >= 15 is 0 Å². The van der Waals surface area contributed by atoms with Crippen LogP contribution in [0, 0.1) is 5.92 Å². The highest BCUT2D eigenvalue weighted by molar-refractivity contribution is 5.89. The summed E-state index contributed by atoms with van der Waals surface area (Å²) >= 11 is 0. The molecule has 118 valence electrons. The first kappa shape index (κ1) is 15.0. The third-order valence-electron chi connectivity index (χ3n) is 3.91. The zero-order valence-corrected chi connectivity index (χ0v) is 11.8. The quantitative estimate of drug-likeness (QED) is 0.926. The summed E-state index contributed by atoms with van der Waals surface area (Å²) in [5, 5.41) is 9.92. The molecule has 0 aliphatic carbocycles. The molecule has 1 saturated heterocycles. The molecule has 0 bridgehead atoms. The van der Waals surface area contributed by atoms with E-state index < -0.39 is 12.0 Å². The van der Waals surface area contributed by atoms with Gasteiger partial charge in [0.1, 0.15) is 5.82 Å². The van der Waals surface area contributed by atoms with E-state index in [0.29, 0.717) is 24.3 Å². The van der Waals surface area contributed by atoms with Gasteiger partial charge in [-0.05, 0) is 30.9 Å². The summed E-state index contributed by atoms with van der Waals surface area (Å²) < 4.78 is 39.1. The Kier molecular flexibility index (Phi) is 3.90. The van der Waals surface area contributed by atoms with E-state index in [9.17, 15) is 18.3 Å². The molecule has 1 N–H and O–H groups in total. The number of hydrogen-bond donors (Lipinski definition) is 1. The van der Waals surface area contributed by atoms with Crippen molar-refractivity contribution in [3.8, 4) is 0 Å². The van der Waals surface area contributed by atoms with E-state index in [-0.39, 0.29) is 18.0 Å². The van der Waals surface area contributed by atoms with Gasteiger partial charge in [-0.1, -0.05) is 12.1 Å². The molecule has 3 rings (SSSR count). The second kappa shape index (κ2) is 5.72. The lowest BCUT2D eigenvalue weighted by atomic mass is 9.99. The van der Waals surface area contributed by atoms with Crippen molar-refractivity contribution < 1.29 is 18.3 Å². The molecule has 0 saturated carbocycles. The Morgan fingerprint density at radius 1 is 1.23 bits per heavy atom. The van der Waals surface area contributed by atoms with Gasteiger partial charge in [0, 0.05) is 25.1 Å². The van der Waals surface area contributed by atoms with Crippen LogP contribution in [0.2, 0.25) is 0 Å². The normalized spacial score (nSPS) is 19.6. The lowest BCUT2D eigenvalue weighted by Gasteiger charge is -2.33. The Labute approximate surface area is 125 Å². The Bertz CT molecular complexity index is 675. The number of nitrogens with zero attached hydrogens (tertiary/aromatic N) is 3. The molecule has 22 heavy (non-hydrogen) atoms. The van der Waals surface area contributed by atoms with Gasteiger partial charge in [-0.15, -0.1) is 0 Å². The summed E-state index contributed by atoms with van der Waals surface area (Å²) in [5.74, 6) is -0.750. The van der Waals surface area contributed by atoms with E-state index in [1.54, 1.807) is 24.3 Å². The van der Waals surface area contributed by atoms with Crippen LogP contribution in [0.3, 0.4) is 0 Å². The molecular weight excluding hydrogens is 295 g/mol. The predicted octanol–water partition coefficient (Wildman–Crippen LogP) is 2.86.